The first-order valence-corrected chi connectivity index (χ1v) is 7.62. The van der Waals surface area contributed by atoms with Crippen molar-refractivity contribution in [3.05, 3.63) is 48.2 Å². The van der Waals surface area contributed by atoms with Crippen LogP contribution in [-0.2, 0) is 6.54 Å². The third-order valence-corrected chi connectivity index (χ3v) is 3.71. The van der Waals surface area contributed by atoms with E-state index in [1.165, 1.54) is 17.7 Å². The normalized spacial score (nSPS) is 14.9. The maximum atomic E-state index is 4.55. The first-order valence-electron chi connectivity index (χ1n) is 7.62. The van der Waals surface area contributed by atoms with E-state index < -0.39 is 0 Å². The highest BCUT2D eigenvalue weighted by Gasteiger charge is 2.14. The highest BCUT2D eigenvalue weighted by Crippen LogP contribution is 2.24. The Bertz CT molecular complexity index is 583. The molecule has 1 aromatic heterocycles. The van der Waals surface area contributed by atoms with Gasteiger partial charge in [-0.25, -0.2) is 4.98 Å². The van der Waals surface area contributed by atoms with Gasteiger partial charge in [-0.15, -0.1) is 0 Å². The lowest BCUT2D eigenvalue weighted by atomic mass is 10.2. The number of anilines is 3. The van der Waals surface area contributed by atoms with Crippen LogP contribution >= 0.6 is 0 Å². The van der Waals surface area contributed by atoms with Gasteiger partial charge < -0.3 is 10.6 Å². The molecule has 0 saturated carbocycles. The summed E-state index contributed by atoms with van der Waals surface area (Å²) in [7, 11) is 0. The van der Waals surface area contributed by atoms with Crippen LogP contribution in [-0.4, -0.2) is 29.5 Å². The molecular formula is C17H22N4. The van der Waals surface area contributed by atoms with Gasteiger partial charge in [-0.2, -0.15) is 0 Å². The zero-order valence-electron chi connectivity index (χ0n) is 12.5. The van der Waals surface area contributed by atoms with Gasteiger partial charge in [0, 0.05) is 48.8 Å². The van der Waals surface area contributed by atoms with Crippen molar-refractivity contribution in [2.45, 2.75) is 19.9 Å². The van der Waals surface area contributed by atoms with Crippen LogP contribution in [0.3, 0.4) is 0 Å². The van der Waals surface area contributed by atoms with Gasteiger partial charge in [0.05, 0.1) is 0 Å². The van der Waals surface area contributed by atoms with E-state index in [9.17, 15) is 0 Å². The maximum absolute atomic E-state index is 4.55. The van der Waals surface area contributed by atoms with Crippen LogP contribution in [0.25, 0.3) is 0 Å². The van der Waals surface area contributed by atoms with E-state index in [1.807, 2.05) is 36.5 Å². The highest BCUT2D eigenvalue weighted by atomic mass is 15.2. The molecular weight excluding hydrogens is 260 g/mol. The molecule has 2 heterocycles. The molecule has 110 valence electrons. The number of nitrogens with zero attached hydrogens (tertiary/aromatic N) is 2. The highest BCUT2D eigenvalue weighted by molar-refractivity contribution is 5.63. The summed E-state index contributed by atoms with van der Waals surface area (Å²) in [4.78, 5) is 7.02. The molecule has 1 aromatic carbocycles. The van der Waals surface area contributed by atoms with Crippen molar-refractivity contribution >= 4 is 17.2 Å². The number of nitrogens with one attached hydrogen (secondary N) is 2. The Balaban J connectivity index is 1.77. The first kappa shape index (κ1) is 13.9. The standard InChI is InChI=1S/C17H22N4/c1-2-9-21-10-8-18-16-11-17(19-12-14(16)13-21)20-15-6-4-3-5-7-15/h3-7,11-12,18H,2,8-10,13H2,1H3,(H,19,20). The molecule has 1 aliphatic heterocycles. The predicted octanol–water partition coefficient (Wildman–Crippen LogP) is 3.46. The van der Waals surface area contributed by atoms with Gasteiger partial charge in [0.25, 0.3) is 0 Å². The molecule has 0 saturated heterocycles. The fourth-order valence-corrected chi connectivity index (χ4v) is 2.69. The molecule has 0 unspecified atom stereocenters. The van der Waals surface area contributed by atoms with Crippen molar-refractivity contribution in [1.29, 1.82) is 0 Å². The van der Waals surface area contributed by atoms with Gasteiger partial charge in [-0.3, -0.25) is 4.90 Å². The van der Waals surface area contributed by atoms with E-state index >= 15 is 0 Å². The van der Waals surface area contributed by atoms with Gasteiger partial charge in [0.2, 0.25) is 0 Å². The number of para-hydroxylation sites is 1. The minimum atomic E-state index is 0.886. The lowest BCUT2D eigenvalue weighted by Crippen LogP contribution is -2.26. The van der Waals surface area contributed by atoms with Crippen LogP contribution in [0.2, 0.25) is 0 Å². The second-order valence-electron chi connectivity index (χ2n) is 5.42. The molecule has 3 rings (SSSR count). The summed E-state index contributed by atoms with van der Waals surface area (Å²) in [5.74, 6) is 0.886. The zero-order chi connectivity index (χ0) is 14.5. The molecule has 0 radical (unpaired) electrons. The zero-order valence-corrected chi connectivity index (χ0v) is 12.5. The van der Waals surface area contributed by atoms with E-state index in [1.54, 1.807) is 0 Å². The van der Waals surface area contributed by atoms with Crippen molar-refractivity contribution in [1.82, 2.24) is 9.88 Å². The second kappa shape index (κ2) is 6.59. The summed E-state index contributed by atoms with van der Waals surface area (Å²) in [6.07, 6.45) is 3.18. The Hall–Kier alpha value is -2.07. The number of benzene rings is 1. The third-order valence-electron chi connectivity index (χ3n) is 3.71. The van der Waals surface area contributed by atoms with E-state index in [4.69, 9.17) is 0 Å². The molecule has 2 N–H and O–H groups in total. The molecule has 0 spiro atoms. The summed E-state index contributed by atoms with van der Waals surface area (Å²) in [6.45, 7) is 6.43. The van der Waals surface area contributed by atoms with Gasteiger partial charge in [0.1, 0.15) is 5.82 Å². The SMILES string of the molecule is CCCN1CCNc2cc(Nc3ccccc3)ncc2C1. The number of aromatic nitrogens is 1. The van der Waals surface area contributed by atoms with Crippen LogP contribution < -0.4 is 10.6 Å². The monoisotopic (exact) mass is 282 g/mol. The predicted molar refractivity (Wildman–Crippen MR) is 88.0 cm³/mol. The largest absolute Gasteiger partial charge is 0.383 e. The van der Waals surface area contributed by atoms with E-state index in [0.717, 1.165) is 37.7 Å². The van der Waals surface area contributed by atoms with Crippen molar-refractivity contribution in [3.63, 3.8) is 0 Å². The van der Waals surface area contributed by atoms with E-state index in [-0.39, 0.29) is 0 Å². The molecule has 0 aliphatic carbocycles. The Labute approximate surface area is 126 Å². The molecule has 0 fully saturated rings. The van der Waals surface area contributed by atoms with Crippen LogP contribution in [0.4, 0.5) is 17.2 Å². The van der Waals surface area contributed by atoms with Gasteiger partial charge >= 0.3 is 0 Å². The average molecular weight is 282 g/mol. The van der Waals surface area contributed by atoms with E-state index in [0.29, 0.717) is 0 Å². The Kier molecular flexibility index (Phi) is 4.36. The summed E-state index contributed by atoms with van der Waals surface area (Å²) in [5.41, 5.74) is 3.53. The van der Waals surface area contributed by atoms with Crippen LogP contribution in [0.15, 0.2) is 42.6 Å². The number of hydrogen-bond donors (Lipinski definition) is 2. The molecule has 4 heteroatoms. The van der Waals surface area contributed by atoms with E-state index in [2.05, 4.69) is 33.5 Å². The van der Waals surface area contributed by atoms with Gasteiger partial charge in [0.15, 0.2) is 0 Å². The van der Waals surface area contributed by atoms with Crippen LogP contribution in [0, 0.1) is 0 Å². The number of fused-ring (bicyclic) bond motifs is 1. The van der Waals surface area contributed by atoms with Gasteiger partial charge in [-0.1, -0.05) is 25.1 Å². The molecule has 21 heavy (non-hydrogen) atoms. The fraction of sp³-hybridized carbons (Fsp3) is 0.353. The molecule has 0 atom stereocenters. The Morgan fingerprint density at radius 1 is 1.29 bits per heavy atom. The quantitative estimate of drug-likeness (QED) is 0.901. The number of hydrogen-bond acceptors (Lipinski definition) is 4. The first-order chi connectivity index (χ1) is 10.3. The second-order valence-corrected chi connectivity index (χ2v) is 5.42. The lowest BCUT2D eigenvalue weighted by molar-refractivity contribution is 0.281. The third kappa shape index (κ3) is 3.52. The summed E-state index contributed by atoms with van der Waals surface area (Å²) >= 11 is 0. The summed E-state index contributed by atoms with van der Waals surface area (Å²) < 4.78 is 0. The maximum Gasteiger partial charge on any atom is 0.132 e. The topological polar surface area (TPSA) is 40.2 Å². The fourth-order valence-electron chi connectivity index (χ4n) is 2.69. The molecule has 0 bridgehead atoms. The smallest absolute Gasteiger partial charge is 0.132 e. The number of pyridine rings is 1. The van der Waals surface area contributed by atoms with Crippen molar-refractivity contribution in [2.24, 2.45) is 0 Å². The number of rotatable bonds is 4. The summed E-state index contributed by atoms with van der Waals surface area (Å²) in [5, 5.41) is 6.86. The molecule has 0 amide bonds. The van der Waals surface area contributed by atoms with Gasteiger partial charge in [-0.05, 0) is 25.1 Å². The van der Waals surface area contributed by atoms with Crippen molar-refractivity contribution in [2.75, 3.05) is 30.3 Å². The Morgan fingerprint density at radius 2 is 2.14 bits per heavy atom. The molecule has 2 aromatic rings. The summed E-state index contributed by atoms with van der Waals surface area (Å²) in [6, 6.07) is 12.3. The van der Waals surface area contributed by atoms with Crippen LogP contribution in [0.1, 0.15) is 18.9 Å². The molecule has 4 nitrogen and oxygen atoms in total. The van der Waals surface area contributed by atoms with Crippen molar-refractivity contribution in [3.8, 4) is 0 Å². The minimum Gasteiger partial charge on any atom is -0.383 e. The van der Waals surface area contributed by atoms with Crippen molar-refractivity contribution < 1.29 is 0 Å². The Morgan fingerprint density at radius 3 is 2.95 bits per heavy atom. The lowest BCUT2D eigenvalue weighted by Gasteiger charge is -2.18. The molecule has 1 aliphatic rings. The van der Waals surface area contributed by atoms with Crippen LogP contribution in [0.5, 0.6) is 0 Å². The minimum absolute atomic E-state index is 0.886. The average Bonchev–Trinajstić information content (AvgIpc) is 2.70.